The highest BCUT2D eigenvalue weighted by Crippen LogP contribution is 2.24. The van der Waals surface area contributed by atoms with Crippen LogP contribution in [0.25, 0.3) is 11.0 Å². The van der Waals surface area contributed by atoms with Gasteiger partial charge in [0, 0.05) is 11.9 Å². The summed E-state index contributed by atoms with van der Waals surface area (Å²) in [5.41, 5.74) is 0.971. The molecule has 0 fully saturated rings. The predicted molar refractivity (Wildman–Crippen MR) is 80.4 cm³/mol. The Morgan fingerprint density at radius 2 is 2.05 bits per heavy atom. The molecule has 1 aromatic heterocycles. The topological polar surface area (TPSA) is 28.4 Å². The maximum atomic E-state index is 5.97. The molecule has 0 aliphatic carbocycles. The Labute approximate surface area is 115 Å². The quantitative estimate of drug-likeness (QED) is 0.827. The molecular weight excluding hydrogens is 236 g/mol. The number of benzene rings is 1. The van der Waals surface area contributed by atoms with Crippen LogP contribution in [-0.4, -0.2) is 31.6 Å². The molecule has 1 heterocycles. The first-order valence-corrected chi connectivity index (χ1v) is 7.15. The van der Waals surface area contributed by atoms with E-state index in [0.29, 0.717) is 0 Å². The zero-order chi connectivity index (χ0) is 13.7. The molecule has 2 aromatic rings. The van der Waals surface area contributed by atoms with Gasteiger partial charge in [-0.05, 0) is 38.7 Å². The van der Waals surface area contributed by atoms with Gasteiger partial charge in [-0.3, -0.25) is 0 Å². The second kappa shape index (κ2) is 6.73. The van der Waals surface area contributed by atoms with Crippen LogP contribution >= 0.6 is 0 Å². The average Bonchev–Trinajstić information content (AvgIpc) is 2.82. The minimum atomic E-state index is 0.258. The van der Waals surface area contributed by atoms with Crippen molar-refractivity contribution in [3.63, 3.8) is 0 Å². The number of furan rings is 1. The Hall–Kier alpha value is -1.32. The van der Waals surface area contributed by atoms with Crippen molar-refractivity contribution < 1.29 is 4.42 Å². The molecule has 0 spiro atoms. The van der Waals surface area contributed by atoms with E-state index in [1.807, 2.05) is 18.2 Å². The van der Waals surface area contributed by atoms with Gasteiger partial charge in [0.15, 0.2) is 0 Å². The third-order valence-electron chi connectivity index (χ3n) is 3.34. The number of likely N-dealkylation sites (N-methyl/N-ethyl adjacent to an activating group) is 2. The summed E-state index contributed by atoms with van der Waals surface area (Å²) in [7, 11) is 2.16. The number of hydrogen-bond donors (Lipinski definition) is 1. The fraction of sp³-hybridized carbons (Fsp3) is 0.500. The van der Waals surface area contributed by atoms with E-state index in [1.54, 1.807) is 0 Å². The molecule has 0 aliphatic rings. The summed E-state index contributed by atoms with van der Waals surface area (Å²) in [6.45, 7) is 7.38. The normalized spacial score (nSPS) is 13.3. The fourth-order valence-corrected chi connectivity index (χ4v) is 2.46. The van der Waals surface area contributed by atoms with E-state index in [-0.39, 0.29) is 6.04 Å². The van der Waals surface area contributed by atoms with Crippen LogP contribution in [0.5, 0.6) is 0 Å². The van der Waals surface area contributed by atoms with Crippen molar-refractivity contribution in [3.05, 3.63) is 36.1 Å². The lowest BCUT2D eigenvalue weighted by Gasteiger charge is -2.22. The van der Waals surface area contributed by atoms with Crippen molar-refractivity contribution >= 4 is 11.0 Å². The van der Waals surface area contributed by atoms with E-state index >= 15 is 0 Å². The lowest BCUT2D eigenvalue weighted by atomic mass is 10.2. The standard InChI is InChI=1S/C16H24N2O/c1-4-10-18(3)12-14(17-5-2)16-11-13-8-6-7-9-15(13)19-16/h6-9,11,14,17H,4-5,10,12H2,1-3H3. The lowest BCUT2D eigenvalue weighted by molar-refractivity contribution is 0.275. The van der Waals surface area contributed by atoms with Crippen molar-refractivity contribution in [2.75, 3.05) is 26.7 Å². The maximum absolute atomic E-state index is 5.97. The van der Waals surface area contributed by atoms with Gasteiger partial charge >= 0.3 is 0 Å². The molecule has 0 saturated carbocycles. The molecule has 1 aromatic carbocycles. The monoisotopic (exact) mass is 260 g/mol. The third-order valence-corrected chi connectivity index (χ3v) is 3.34. The SMILES string of the molecule is CCCN(C)CC(NCC)c1cc2ccccc2o1. The first-order chi connectivity index (χ1) is 9.24. The van der Waals surface area contributed by atoms with E-state index in [9.17, 15) is 0 Å². The molecule has 1 atom stereocenters. The Bertz CT molecular complexity index is 473. The van der Waals surface area contributed by atoms with Crippen LogP contribution in [0.2, 0.25) is 0 Å². The van der Waals surface area contributed by atoms with Crippen LogP contribution in [0.1, 0.15) is 32.1 Å². The molecule has 19 heavy (non-hydrogen) atoms. The highest BCUT2D eigenvalue weighted by atomic mass is 16.3. The largest absolute Gasteiger partial charge is 0.459 e. The minimum absolute atomic E-state index is 0.258. The van der Waals surface area contributed by atoms with Crippen LogP contribution in [0.3, 0.4) is 0 Å². The molecule has 0 saturated heterocycles. The highest BCUT2D eigenvalue weighted by molar-refractivity contribution is 5.77. The number of hydrogen-bond acceptors (Lipinski definition) is 3. The maximum Gasteiger partial charge on any atom is 0.134 e. The molecule has 3 nitrogen and oxygen atoms in total. The Kier molecular flexibility index (Phi) is 5.00. The minimum Gasteiger partial charge on any atom is -0.459 e. The highest BCUT2D eigenvalue weighted by Gasteiger charge is 2.17. The number of nitrogens with zero attached hydrogens (tertiary/aromatic N) is 1. The van der Waals surface area contributed by atoms with Gasteiger partial charge in [-0.15, -0.1) is 0 Å². The average molecular weight is 260 g/mol. The van der Waals surface area contributed by atoms with Crippen LogP contribution in [0.15, 0.2) is 34.7 Å². The van der Waals surface area contributed by atoms with Crippen LogP contribution < -0.4 is 5.32 Å². The van der Waals surface area contributed by atoms with Crippen molar-refractivity contribution in [3.8, 4) is 0 Å². The zero-order valence-electron chi connectivity index (χ0n) is 12.1. The molecule has 2 rings (SSSR count). The summed E-state index contributed by atoms with van der Waals surface area (Å²) in [6, 6.07) is 10.6. The van der Waals surface area contributed by atoms with Gasteiger partial charge in [0.25, 0.3) is 0 Å². The molecule has 1 N–H and O–H groups in total. The van der Waals surface area contributed by atoms with Gasteiger partial charge in [0.2, 0.25) is 0 Å². The fourth-order valence-electron chi connectivity index (χ4n) is 2.46. The number of nitrogens with one attached hydrogen (secondary N) is 1. The van der Waals surface area contributed by atoms with Crippen molar-refractivity contribution in [1.82, 2.24) is 10.2 Å². The Balaban J connectivity index is 2.17. The molecule has 104 valence electrons. The van der Waals surface area contributed by atoms with Crippen molar-refractivity contribution in [2.24, 2.45) is 0 Å². The lowest BCUT2D eigenvalue weighted by Crippen LogP contribution is -2.33. The summed E-state index contributed by atoms with van der Waals surface area (Å²) >= 11 is 0. The molecular formula is C16H24N2O. The molecule has 3 heteroatoms. The predicted octanol–water partition coefficient (Wildman–Crippen LogP) is 3.43. The number of rotatable bonds is 7. The second-order valence-electron chi connectivity index (χ2n) is 5.06. The second-order valence-corrected chi connectivity index (χ2v) is 5.06. The summed E-state index contributed by atoms with van der Waals surface area (Å²) in [4.78, 5) is 2.35. The summed E-state index contributed by atoms with van der Waals surface area (Å²) in [6.07, 6.45) is 1.18. The first kappa shape index (κ1) is 14.1. The summed E-state index contributed by atoms with van der Waals surface area (Å²) in [5.74, 6) is 1.03. The van der Waals surface area contributed by atoms with E-state index in [2.05, 4.69) is 43.2 Å². The van der Waals surface area contributed by atoms with Crippen LogP contribution in [0.4, 0.5) is 0 Å². The Morgan fingerprint density at radius 3 is 2.74 bits per heavy atom. The summed E-state index contributed by atoms with van der Waals surface area (Å²) in [5, 5.41) is 4.69. The zero-order valence-corrected chi connectivity index (χ0v) is 12.1. The van der Waals surface area contributed by atoms with E-state index in [4.69, 9.17) is 4.42 Å². The van der Waals surface area contributed by atoms with E-state index in [0.717, 1.165) is 31.0 Å². The van der Waals surface area contributed by atoms with Gasteiger partial charge in [-0.25, -0.2) is 0 Å². The molecule has 0 radical (unpaired) electrons. The molecule has 0 amide bonds. The summed E-state index contributed by atoms with van der Waals surface area (Å²) < 4.78 is 5.97. The van der Waals surface area contributed by atoms with Crippen LogP contribution in [0, 0.1) is 0 Å². The Morgan fingerprint density at radius 1 is 1.26 bits per heavy atom. The van der Waals surface area contributed by atoms with Gasteiger partial charge in [0.1, 0.15) is 11.3 Å². The smallest absolute Gasteiger partial charge is 0.134 e. The van der Waals surface area contributed by atoms with Gasteiger partial charge < -0.3 is 14.6 Å². The van der Waals surface area contributed by atoms with E-state index < -0.39 is 0 Å². The van der Waals surface area contributed by atoms with Crippen molar-refractivity contribution in [1.29, 1.82) is 0 Å². The van der Waals surface area contributed by atoms with Gasteiger partial charge in [-0.1, -0.05) is 32.0 Å². The molecule has 0 aliphatic heterocycles. The molecule has 0 bridgehead atoms. The number of para-hydroxylation sites is 1. The van der Waals surface area contributed by atoms with Crippen molar-refractivity contribution in [2.45, 2.75) is 26.3 Å². The first-order valence-electron chi connectivity index (χ1n) is 7.15. The van der Waals surface area contributed by atoms with Gasteiger partial charge in [-0.2, -0.15) is 0 Å². The third kappa shape index (κ3) is 3.58. The molecule has 1 unspecified atom stereocenters. The van der Waals surface area contributed by atoms with E-state index in [1.165, 1.54) is 11.8 Å². The van der Waals surface area contributed by atoms with Crippen LogP contribution in [-0.2, 0) is 0 Å². The van der Waals surface area contributed by atoms with Gasteiger partial charge in [0.05, 0.1) is 6.04 Å². The number of fused-ring (bicyclic) bond motifs is 1.